The van der Waals surface area contributed by atoms with E-state index in [1.54, 1.807) is 11.8 Å². The van der Waals surface area contributed by atoms with E-state index in [0.717, 1.165) is 24.2 Å². The van der Waals surface area contributed by atoms with E-state index in [1.807, 2.05) is 29.2 Å². The summed E-state index contributed by atoms with van der Waals surface area (Å²) in [5.74, 6) is 1.22. The Morgan fingerprint density at radius 2 is 1.88 bits per heavy atom. The summed E-state index contributed by atoms with van der Waals surface area (Å²) < 4.78 is 0. The fourth-order valence-electron chi connectivity index (χ4n) is 3.12. The summed E-state index contributed by atoms with van der Waals surface area (Å²) in [5, 5.41) is -0.0866. The van der Waals surface area contributed by atoms with E-state index in [0.29, 0.717) is 19.6 Å². The Morgan fingerprint density at radius 1 is 1.12 bits per heavy atom. The molecule has 1 atom stereocenters. The Balaban J connectivity index is 1.81. The molecule has 0 bridgehead atoms. The van der Waals surface area contributed by atoms with Gasteiger partial charge in [-0.2, -0.15) is 0 Å². The van der Waals surface area contributed by atoms with Crippen LogP contribution in [0.4, 0.5) is 0 Å². The summed E-state index contributed by atoms with van der Waals surface area (Å²) in [7, 11) is 0. The summed E-state index contributed by atoms with van der Waals surface area (Å²) in [4.78, 5) is 15.2. The number of amides is 1. The molecule has 2 N–H and O–H groups in total. The van der Waals surface area contributed by atoms with Gasteiger partial charge in [0.1, 0.15) is 5.25 Å². The molecule has 2 aromatic carbocycles. The highest BCUT2D eigenvalue weighted by atomic mass is 32.2. The van der Waals surface area contributed by atoms with Crippen molar-refractivity contribution in [2.45, 2.75) is 24.6 Å². The Hall–Kier alpha value is -1.78. The van der Waals surface area contributed by atoms with Gasteiger partial charge in [0.05, 0.1) is 0 Å². The first-order valence-electron chi connectivity index (χ1n) is 8.52. The van der Waals surface area contributed by atoms with Crippen LogP contribution >= 0.6 is 11.8 Å². The van der Waals surface area contributed by atoms with Crippen molar-refractivity contribution in [1.29, 1.82) is 0 Å². The minimum atomic E-state index is -0.0866. The molecule has 0 radical (unpaired) electrons. The minimum Gasteiger partial charge on any atom is -0.337 e. The predicted octanol–water partition coefficient (Wildman–Crippen LogP) is 3.39. The van der Waals surface area contributed by atoms with Crippen LogP contribution in [0.2, 0.25) is 0 Å². The number of carbonyl (C=O) groups excluding carboxylic acids is 1. The molecular weight excluding hydrogens is 316 g/mol. The van der Waals surface area contributed by atoms with Crippen molar-refractivity contribution in [3.05, 3.63) is 71.3 Å². The number of carbonyl (C=O) groups is 1. The number of hydrogen-bond acceptors (Lipinski definition) is 3. The first-order valence-corrected chi connectivity index (χ1v) is 9.56. The van der Waals surface area contributed by atoms with E-state index in [-0.39, 0.29) is 11.2 Å². The van der Waals surface area contributed by atoms with Gasteiger partial charge < -0.3 is 10.6 Å². The monoisotopic (exact) mass is 340 g/mol. The van der Waals surface area contributed by atoms with Crippen molar-refractivity contribution in [3.8, 4) is 0 Å². The van der Waals surface area contributed by atoms with Crippen molar-refractivity contribution in [1.82, 2.24) is 4.90 Å². The van der Waals surface area contributed by atoms with Crippen molar-refractivity contribution >= 4 is 17.7 Å². The van der Waals surface area contributed by atoms with E-state index < -0.39 is 0 Å². The number of thioether (sulfide) groups is 1. The zero-order valence-electron chi connectivity index (χ0n) is 13.9. The van der Waals surface area contributed by atoms with Gasteiger partial charge in [-0.05, 0) is 41.8 Å². The van der Waals surface area contributed by atoms with Crippen LogP contribution in [0.5, 0.6) is 0 Å². The highest BCUT2D eigenvalue weighted by Crippen LogP contribution is 2.38. The fraction of sp³-hybridized carbons (Fsp3) is 0.350. The van der Waals surface area contributed by atoms with Crippen LogP contribution in [-0.2, 0) is 17.8 Å². The molecular formula is C20H24N2OS. The van der Waals surface area contributed by atoms with Gasteiger partial charge in [-0.15, -0.1) is 11.8 Å². The Bertz CT molecular complexity index is 674. The van der Waals surface area contributed by atoms with E-state index in [9.17, 15) is 4.79 Å². The molecule has 1 heterocycles. The van der Waals surface area contributed by atoms with E-state index >= 15 is 0 Å². The normalized spacial score (nSPS) is 16.5. The number of nitrogens with zero attached hydrogens (tertiary/aromatic N) is 1. The lowest BCUT2D eigenvalue weighted by molar-refractivity contribution is -0.131. The van der Waals surface area contributed by atoms with Gasteiger partial charge in [-0.1, -0.05) is 54.6 Å². The predicted molar refractivity (Wildman–Crippen MR) is 101 cm³/mol. The summed E-state index contributed by atoms with van der Waals surface area (Å²) in [6.45, 7) is 1.97. The van der Waals surface area contributed by atoms with Crippen LogP contribution in [0.3, 0.4) is 0 Å². The van der Waals surface area contributed by atoms with Gasteiger partial charge in [0.15, 0.2) is 0 Å². The molecule has 1 amide bonds. The number of hydrogen-bond donors (Lipinski definition) is 1. The van der Waals surface area contributed by atoms with E-state index in [1.165, 1.54) is 11.1 Å². The number of fused-ring (bicyclic) bond motifs is 1. The Kier molecular flexibility index (Phi) is 5.94. The standard InChI is InChI=1S/C20H24N2OS/c21-12-6-13-22(15-16-7-2-1-3-8-16)20(23)19-18-10-5-4-9-17(18)11-14-24-19/h1-5,7-10,19H,6,11-15,21H2. The maximum absolute atomic E-state index is 13.2. The molecule has 0 saturated carbocycles. The molecule has 3 nitrogen and oxygen atoms in total. The van der Waals surface area contributed by atoms with Crippen LogP contribution < -0.4 is 5.73 Å². The highest BCUT2D eigenvalue weighted by molar-refractivity contribution is 8.00. The van der Waals surface area contributed by atoms with Crippen molar-refractivity contribution in [2.75, 3.05) is 18.8 Å². The molecule has 3 rings (SSSR count). The maximum Gasteiger partial charge on any atom is 0.240 e. The lowest BCUT2D eigenvalue weighted by Crippen LogP contribution is -2.36. The topological polar surface area (TPSA) is 46.3 Å². The summed E-state index contributed by atoms with van der Waals surface area (Å²) in [6.07, 6.45) is 1.88. The summed E-state index contributed by atoms with van der Waals surface area (Å²) in [6, 6.07) is 18.5. The molecule has 1 aliphatic heterocycles. The van der Waals surface area contributed by atoms with Gasteiger partial charge in [-0.3, -0.25) is 4.79 Å². The molecule has 0 aliphatic carbocycles. The Morgan fingerprint density at radius 3 is 2.67 bits per heavy atom. The average molecular weight is 340 g/mol. The van der Waals surface area contributed by atoms with Gasteiger partial charge in [0.25, 0.3) is 0 Å². The second-order valence-electron chi connectivity index (χ2n) is 6.09. The van der Waals surface area contributed by atoms with Gasteiger partial charge in [0, 0.05) is 13.1 Å². The smallest absolute Gasteiger partial charge is 0.240 e. The second kappa shape index (κ2) is 8.36. The quantitative estimate of drug-likeness (QED) is 0.877. The van der Waals surface area contributed by atoms with Crippen LogP contribution in [0, 0.1) is 0 Å². The summed E-state index contributed by atoms with van der Waals surface area (Å²) in [5.41, 5.74) is 9.34. The molecule has 0 saturated heterocycles. The molecule has 126 valence electrons. The number of nitrogens with two attached hydrogens (primary N) is 1. The lowest BCUT2D eigenvalue weighted by Gasteiger charge is -2.30. The SMILES string of the molecule is NCCCN(Cc1ccccc1)C(=O)C1SCCc2ccccc21. The summed E-state index contributed by atoms with van der Waals surface area (Å²) >= 11 is 1.76. The number of rotatable bonds is 6. The fourth-order valence-corrected chi connectivity index (χ4v) is 4.39. The zero-order chi connectivity index (χ0) is 16.8. The molecule has 1 unspecified atom stereocenters. The second-order valence-corrected chi connectivity index (χ2v) is 7.30. The number of benzene rings is 2. The van der Waals surface area contributed by atoms with E-state index in [2.05, 4.69) is 30.3 Å². The van der Waals surface area contributed by atoms with Crippen LogP contribution in [0.1, 0.15) is 28.4 Å². The van der Waals surface area contributed by atoms with E-state index in [4.69, 9.17) is 5.73 Å². The first kappa shape index (κ1) is 17.1. The zero-order valence-corrected chi connectivity index (χ0v) is 14.7. The molecule has 24 heavy (non-hydrogen) atoms. The van der Waals surface area contributed by atoms with Crippen molar-refractivity contribution in [3.63, 3.8) is 0 Å². The van der Waals surface area contributed by atoms with Gasteiger partial charge >= 0.3 is 0 Å². The third-order valence-electron chi connectivity index (χ3n) is 4.38. The van der Waals surface area contributed by atoms with Crippen LogP contribution in [0.15, 0.2) is 54.6 Å². The Labute approximate surface area is 148 Å². The average Bonchev–Trinajstić information content (AvgIpc) is 2.65. The maximum atomic E-state index is 13.2. The molecule has 0 fully saturated rings. The van der Waals surface area contributed by atoms with Gasteiger partial charge in [0.2, 0.25) is 5.91 Å². The molecule has 4 heteroatoms. The lowest BCUT2D eigenvalue weighted by atomic mass is 10.0. The van der Waals surface area contributed by atoms with Crippen molar-refractivity contribution in [2.24, 2.45) is 5.73 Å². The van der Waals surface area contributed by atoms with Gasteiger partial charge in [-0.25, -0.2) is 0 Å². The third kappa shape index (κ3) is 4.00. The molecule has 0 spiro atoms. The minimum absolute atomic E-state index is 0.0866. The van der Waals surface area contributed by atoms with Crippen molar-refractivity contribution < 1.29 is 4.79 Å². The first-order chi connectivity index (χ1) is 11.8. The molecule has 0 aromatic heterocycles. The third-order valence-corrected chi connectivity index (χ3v) is 5.61. The highest BCUT2D eigenvalue weighted by Gasteiger charge is 2.30. The molecule has 2 aromatic rings. The van der Waals surface area contributed by atoms with Crippen LogP contribution in [0.25, 0.3) is 0 Å². The number of aryl methyl sites for hydroxylation is 1. The molecule has 1 aliphatic rings. The largest absolute Gasteiger partial charge is 0.337 e. The van der Waals surface area contributed by atoms with Crippen LogP contribution in [-0.4, -0.2) is 29.6 Å².